The van der Waals surface area contributed by atoms with Gasteiger partial charge in [0.25, 0.3) is 0 Å². The van der Waals surface area contributed by atoms with E-state index in [-0.39, 0.29) is 23.2 Å². The van der Waals surface area contributed by atoms with Gasteiger partial charge in [0.15, 0.2) is 9.84 Å². The van der Waals surface area contributed by atoms with Crippen LogP contribution in [0.4, 0.5) is 5.69 Å². The lowest BCUT2D eigenvalue weighted by Crippen LogP contribution is -2.37. The second-order valence-electron chi connectivity index (χ2n) is 6.00. The molecule has 1 unspecified atom stereocenters. The number of sulfonamides is 1. The molecule has 0 amide bonds. The first-order valence-corrected chi connectivity index (χ1v) is 11.1. The molecular weight excluding hydrogens is 346 g/mol. The minimum atomic E-state index is -3.51. The second kappa shape index (κ2) is 5.69. The van der Waals surface area contributed by atoms with E-state index >= 15 is 0 Å². The fourth-order valence-corrected chi connectivity index (χ4v) is 7.29. The molecule has 1 atom stereocenters. The van der Waals surface area contributed by atoms with Crippen molar-refractivity contribution >= 4 is 37.1 Å². The standard InChI is InChI=1S/C14H18ClNO4S2/c15-13-3-4-14-12(8-13)5-6-16(14)22(19,20)10-11-2-1-7-21(17,18)9-11/h3-4,8,11H,1-2,5-7,9-10H2. The van der Waals surface area contributed by atoms with Gasteiger partial charge in [-0.05, 0) is 48.9 Å². The Morgan fingerprint density at radius 1 is 1.32 bits per heavy atom. The van der Waals surface area contributed by atoms with Gasteiger partial charge in [-0.2, -0.15) is 0 Å². The van der Waals surface area contributed by atoms with E-state index in [4.69, 9.17) is 11.6 Å². The molecule has 2 aliphatic rings. The largest absolute Gasteiger partial charge is 0.270 e. The zero-order chi connectivity index (χ0) is 16.0. The maximum atomic E-state index is 12.7. The summed E-state index contributed by atoms with van der Waals surface area (Å²) in [5.74, 6) is -0.253. The van der Waals surface area contributed by atoms with E-state index in [0.717, 1.165) is 5.56 Å². The average molecular weight is 364 g/mol. The van der Waals surface area contributed by atoms with Gasteiger partial charge in [-0.25, -0.2) is 16.8 Å². The lowest BCUT2D eigenvalue weighted by molar-refractivity contribution is 0.507. The van der Waals surface area contributed by atoms with Crippen molar-refractivity contribution < 1.29 is 16.8 Å². The third-order valence-corrected chi connectivity index (χ3v) is 8.30. The molecule has 22 heavy (non-hydrogen) atoms. The molecule has 0 aromatic heterocycles. The Kier molecular flexibility index (Phi) is 4.16. The van der Waals surface area contributed by atoms with Crippen molar-refractivity contribution in [2.45, 2.75) is 19.3 Å². The highest BCUT2D eigenvalue weighted by Crippen LogP contribution is 2.33. The number of anilines is 1. The molecule has 8 heteroatoms. The fourth-order valence-electron chi connectivity index (χ4n) is 3.27. The Morgan fingerprint density at radius 2 is 2.09 bits per heavy atom. The van der Waals surface area contributed by atoms with Crippen molar-refractivity contribution in [2.75, 3.05) is 28.1 Å². The minimum absolute atomic E-state index is 0.0203. The van der Waals surface area contributed by atoms with Gasteiger partial charge in [0.2, 0.25) is 10.0 Å². The summed E-state index contributed by atoms with van der Waals surface area (Å²) >= 11 is 5.94. The van der Waals surface area contributed by atoms with Crippen molar-refractivity contribution in [3.8, 4) is 0 Å². The molecule has 0 saturated carbocycles. The van der Waals surface area contributed by atoms with E-state index in [1.807, 2.05) is 0 Å². The lowest BCUT2D eigenvalue weighted by Gasteiger charge is -2.26. The monoisotopic (exact) mass is 363 g/mol. The van der Waals surface area contributed by atoms with Crippen LogP contribution >= 0.6 is 11.6 Å². The predicted octanol–water partition coefficient (Wildman–Crippen LogP) is 1.86. The lowest BCUT2D eigenvalue weighted by atomic mass is 10.1. The van der Waals surface area contributed by atoms with Crippen molar-refractivity contribution in [1.29, 1.82) is 0 Å². The average Bonchev–Trinajstić information content (AvgIpc) is 2.80. The van der Waals surface area contributed by atoms with Gasteiger partial charge in [0, 0.05) is 11.6 Å². The van der Waals surface area contributed by atoms with E-state index in [9.17, 15) is 16.8 Å². The Bertz CT molecular complexity index is 789. The first kappa shape index (κ1) is 16.1. The summed E-state index contributed by atoms with van der Waals surface area (Å²) in [6, 6.07) is 5.19. The summed E-state index contributed by atoms with van der Waals surface area (Å²) in [4.78, 5) is 0. The Labute approximate surface area is 136 Å². The molecule has 0 spiro atoms. The molecule has 1 aromatic carbocycles. The maximum Gasteiger partial charge on any atom is 0.235 e. The normalized spacial score (nSPS) is 24.2. The summed E-state index contributed by atoms with van der Waals surface area (Å²) in [7, 11) is -6.60. The number of hydrogen-bond acceptors (Lipinski definition) is 4. The molecule has 1 saturated heterocycles. The zero-order valence-electron chi connectivity index (χ0n) is 12.0. The third kappa shape index (κ3) is 3.26. The van der Waals surface area contributed by atoms with Gasteiger partial charge >= 0.3 is 0 Å². The molecule has 0 N–H and O–H groups in total. The van der Waals surface area contributed by atoms with Crippen LogP contribution in [0.5, 0.6) is 0 Å². The van der Waals surface area contributed by atoms with Crippen LogP contribution in [0.25, 0.3) is 0 Å². The van der Waals surface area contributed by atoms with Crippen LogP contribution in [0, 0.1) is 5.92 Å². The zero-order valence-corrected chi connectivity index (χ0v) is 14.4. The van der Waals surface area contributed by atoms with E-state index in [0.29, 0.717) is 36.5 Å². The van der Waals surface area contributed by atoms with Crippen LogP contribution in [-0.2, 0) is 26.3 Å². The molecular formula is C14H18ClNO4S2. The summed E-state index contributed by atoms with van der Waals surface area (Å²) in [6.07, 6.45) is 1.84. The van der Waals surface area contributed by atoms with Crippen LogP contribution in [0.15, 0.2) is 18.2 Å². The Morgan fingerprint density at radius 3 is 2.82 bits per heavy atom. The Balaban J connectivity index is 1.80. The number of hydrogen-bond donors (Lipinski definition) is 0. The van der Waals surface area contributed by atoms with Gasteiger partial charge in [0.1, 0.15) is 0 Å². The molecule has 122 valence electrons. The summed E-state index contributed by atoms with van der Waals surface area (Å²) in [5, 5.41) is 0.594. The van der Waals surface area contributed by atoms with Crippen LogP contribution in [0.1, 0.15) is 18.4 Å². The smallest absolute Gasteiger partial charge is 0.235 e. The van der Waals surface area contributed by atoms with Gasteiger partial charge in [-0.3, -0.25) is 4.31 Å². The van der Waals surface area contributed by atoms with Gasteiger partial charge < -0.3 is 0 Å². The summed E-state index contributed by atoms with van der Waals surface area (Å²) in [6.45, 7) is 0.400. The molecule has 0 bridgehead atoms. The highest BCUT2D eigenvalue weighted by atomic mass is 35.5. The number of fused-ring (bicyclic) bond motifs is 1. The number of halogens is 1. The van der Waals surface area contributed by atoms with E-state index in [2.05, 4.69) is 0 Å². The summed E-state index contributed by atoms with van der Waals surface area (Å²) in [5.41, 5.74) is 1.59. The number of nitrogens with zero attached hydrogens (tertiary/aromatic N) is 1. The topological polar surface area (TPSA) is 71.5 Å². The molecule has 1 aromatic rings. The number of rotatable bonds is 3. The quantitative estimate of drug-likeness (QED) is 0.821. The van der Waals surface area contributed by atoms with E-state index in [1.54, 1.807) is 18.2 Å². The van der Waals surface area contributed by atoms with Gasteiger partial charge in [0.05, 0.1) is 22.9 Å². The van der Waals surface area contributed by atoms with Crippen LogP contribution < -0.4 is 4.31 Å². The van der Waals surface area contributed by atoms with Crippen LogP contribution in [0.3, 0.4) is 0 Å². The van der Waals surface area contributed by atoms with Gasteiger partial charge in [-0.15, -0.1) is 0 Å². The highest BCUT2D eigenvalue weighted by Gasteiger charge is 2.34. The van der Waals surface area contributed by atoms with Gasteiger partial charge in [-0.1, -0.05) is 11.6 Å². The van der Waals surface area contributed by atoms with Crippen molar-refractivity contribution in [3.05, 3.63) is 28.8 Å². The van der Waals surface area contributed by atoms with Crippen molar-refractivity contribution in [3.63, 3.8) is 0 Å². The van der Waals surface area contributed by atoms with Crippen molar-refractivity contribution in [2.24, 2.45) is 5.92 Å². The molecule has 0 aliphatic carbocycles. The minimum Gasteiger partial charge on any atom is -0.270 e. The maximum absolute atomic E-state index is 12.7. The fraction of sp³-hybridized carbons (Fsp3) is 0.571. The molecule has 0 radical (unpaired) electrons. The Hall–Kier alpha value is -0.790. The predicted molar refractivity (Wildman–Crippen MR) is 87.7 cm³/mol. The van der Waals surface area contributed by atoms with Crippen LogP contribution in [0.2, 0.25) is 5.02 Å². The molecule has 3 rings (SSSR count). The second-order valence-corrected chi connectivity index (χ2v) is 10.6. The van der Waals surface area contributed by atoms with Crippen molar-refractivity contribution in [1.82, 2.24) is 0 Å². The number of sulfone groups is 1. The first-order chi connectivity index (χ1) is 10.3. The van der Waals surface area contributed by atoms with E-state index in [1.165, 1.54) is 4.31 Å². The number of benzene rings is 1. The highest BCUT2D eigenvalue weighted by molar-refractivity contribution is 7.93. The molecule has 1 fully saturated rings. The SMILES string of the molecule is O=S1(=O)CCCC(CS(=O)(=O)N2CCc3cc(Cl)ccc32)C1. The molecule has 5 nitrogen and oxygen atoms in total. The third-order valence-electron chi connectivity index (χ3n) is 4.23. The van der Waals surface area contributed by atoms with Crippen LogP contribution in [-0.4, -0.2) is 40.6 Å². The first-order valence-electron chi connectivity index (χ1n) is 7.26. The molecule has 2 heterocycles. The molecule has 2 aliphatic heterocycles. The summed E-state index contributed by atoms with van der Waals surface area (Å²) < 4.78 is 50.1. The van der Waals surface area contributed by atoms with E-state index < -0.39 is 19.9 Å².